The van der Waals surface area contributed by atoms with Crippen LogP contribution in [-0.4, -0.2) is 14.9 Å². The molecule has 0 radical (unpaired) electrons. The molecule has 14 heavy (non-hydrogen) atoms. The number of hydrogen-bond donors (Lipinski definition) is 0. The number of fused-ring (bicyclic) bond motifs is 1. The molecular formula is C12H20OSi. The summed E-state index contributed by atoms with van der Waals surface area (Å²) in [5.41, 5.74) is 1.53. The first kappa shape index (κ1) is 10.2. The van der Waals surface area contributed by atoms with Crippen LogP contribution in [-0.2, 0) is 4.43 Å². The Bertz CT molecular complexity index is 273. The highest BCUT2D eigenvalue weighted by molar-refractivity contribution is 6.69. The van der Waals surface area contributed by atoms with Crippen molar-refractivity contribution in [3.63, 3.8) is 0 Å². The summed E-state index contributed by atoms with van der Waals surface area (Å²) in [6.45, 7) is 7.64. The van der Waals surface area contributed by atoms with Crippen molar-refractivity contribution in [1.82, 2.24) is 0 Å². The summed E-state index contributed by atoms with van der Waals surface area (Å²) in [6.07, 6.45) is 9.65. The maximum absolute atomic E-state index is 5.96. The summed E-state index contributed by atoms with van der Waals surface area (Å²) in [4.78, 5) is 0. The largest absolute Gasteiger partial charge is 0.414 e. The fourth-order valence-electron chi connectivity index (χ4n) is 2.27. The van der Waals surface area contributed by atoms with Gasteiger partial charge in [-0.25, -0.2) is 0 Å². The molecule has 0 aromatic heterocycles. The molecule has 0 aromatic carbocycles. The van der Waals surface area contributed by atoms with E-state index >= 15 is 0 Å². The molecule has 78 valence electrons. The molecular weight excluding hydrogens is 188 g/mol. The molecule has 0 aromatic rings. The van der Waals surface area contributed by atoms with Crippen LogP contribution in [0.15, 0.2) is 23.8 Å². The summed E-state index contributed by atoms with van der Waals surface area (Å²) >= 11 is 0. The van der Waals surface area contributed by atoms with Gasteiger partial charge in [0.25, 0.3) is 0 Å². The lowest BCUT2D eigenvalue weighted by molar-refractivity contribution is 0.330. The molecule has 0 heterocycles. The van der Waals surface area contributed by atoms with Gasteiger partial charge in [-0.1, -0.05) is 18.2 Å². The Hall–Kier alpha value is -0.343. The molecule has 0 fully saturated rings. The standard InChI is InChI=1S/C12H20OSi/c1-14(2,3)13-9-11-8-7-10-5-4-6-12(10)11/h4,6,8,10,12H,5,7,9H2,1-3H3/t10-,12-/m1/s1. The highest BCUT2D eigenvalue weighted by atomic mass is 28.4. The molecule has 2 atom stereocenters. The Kier molecular flexibility index (Phi) is 2.67. The van der Waals surface area contributed by atoms with Gasteiger partial charge in [-0.2, -0.15) is 0 Å². The molecule has 2 rings (SSSR count). The van der Waals surface area contributed by atoms with E-state index in [0.717, 1.165) is 12.5 Å². The van der Waals surface area contributed by atoms with Crippen LogP contribution in [0.25, 0.3) is 0 Å². The second kappa shape index (κ2) is 3.67. The van der Waals surface area contributed by atoms with Crippen molar-refractivity contribution in [3.8, 4) is 0 Å². The van der Waals surface area contributed by atoms with Crippen LogP contribution >= 0.6 is 0 Å². The minimum absolute atomic E-state index is 0.714. The first-order valence-electron chi connectivity index (χ1n) is 5.56. The van der Waals surface area contributed by atoms with Gasteiger partial charge in [-0.05, 0) is 44.0 Å². The van der Waals surface area contributed by atoms with Crippen LogP contribution < -0.4 is 0 Å². The van der Waals surface area contributed by atoms with Crippen LogP contribution in [0.5, 0.6) is 0 Å². The topological polar surface area (TPSA) is 9.23 Å². The molecule has 0 saturated heterocycles. The van der Waals surface area contributed by atoms with E-state index in [2.05, 4.69) is 37.9 Å². The first-order chi connectivity index (χ1) is 6.56. The third-order valence-electron chi connectivity index (χ3n) is 3.07. The van der Waals surface area contributed by atoms with E-state index in [1.807, 2.05) is 0 Å². The monoisotopic (exact) mass is 208 g/mol. The molecule has 0 unspecified atom stereocenters. The SMILES string of the molecule is C[Si](C)(C)OCC1=CC[C@H]2CC=C[C@@H]12. The molecule has 0 amide bonds. The second-order valence-corrected chi connectivity index (χ2v) is 9.88. The van der Waals surface area contributed by atoms with E-state index in [-0.39, 0.29) is 0 Å². The van der Waals surface area contributed by atoms with Crippen LogP contribution in [0, 0.1) is 11.8 Å². The lowest BCUT2D eigenvalue weighted by atomic mass is 9.95. The lowest BCUT2D eigenvalue weighted by Gasteiger charge is -2.20. The van der Waals surface area contributed by atoms with E-state index < -0.39 is 8.32 Å². The van der Waals surface area contributed by atoms with Gasteiger partial charge in [-0.3, -0.25) is 0 Å². The highest BCUT2D eigenvalue weighted by Gasteiger charge is 2.30. The third-order valence-corrected chi connectivity index (χ3v) is 4.08. The van der Waals surface area contributed by atoms with Gasteiger partial charge in [0.05, 0.1) is 6.61 Å². The Morgan fingerprint density at radius 1 is 1.36 bits per heavy atom. The van der Waals surface area contributed by atoms with E-state index in [1.165, 1.54) is 18.4 Å². The van der Waals surface area contributed by atoms with Crippen molar-refractivity contribution in [3.05, 3.63) is 23.8 Å². The summed E-state index contributed by atoms with van der Waals surface area (Å²) in [7, 11) is -1.33. The van der Waals surface area contributed by atoms with Gasteiger partial charge < -0.3 is 4.43 Å². The van der Waals surface area contributed by atoms with Crippen molar-refractivity contribution in [2.24, 2.45) is 11.8 Å². The van der Waals surface area contributed by atoms with Crippen molar-refractivity contribution >= 4 is 8.32 Å². The Balaban J connectivity index is 1.90. The van der Waals surface area contributed by atoms with Gasteiger partial charge >= 0.3 is 0 Å². The predicted octanol–water partition coefficient (Wildman–Crippen LogP) is 3.36. The zero-order valence-electron chi connectivity index (χ0n) is 9.42. The molecule has 0 bridgehead atoms. The predicted molar refractivity (Wildman–Crippen MR) is 62.7 cm³/mol. The minimum Gasteiger partial charge on any atom is -0.414 e. The average Bonchev–Trinajstić information content (AvgIpc) is 2.59. The first-order valence-corrected chi connectivity index (χ1v) is 8.96. The summed E-state index contributed by atoms with van der Waals surface area (Å²) in [5, 5.41) is 0. The van der Waals surface area contributed by atoms with Crippen LogP contribution in [0.4, 0.5) is 0 Å². The summed E-state index contributed by atoms with van der Waals surface area (Å²) in [5.74, 6) is 1.58. The number of rotatable bonds is 3. The Labute approximate surface area is 88.0 Å². The minimum atomic E-state index is -1.33. The quantitative estimate of drug-likeness (QED) is 0.510. The highest BCUT2D eigenvalue weighted by Crippen LogP contribution is 2.39. The molecule has 2 aliphatic rings. The van der Waals surface area contributed by atoms with Gasteiger partial charge in [0, 0.05) is 5.92 Å². The van der Waals surface area contributed by atoms with Crippen LogP contribution in [0.1, 0.15) is 12.8 Å². The molecule has 2 heteroatoms. The smallest absolute Gasteiger partial charge is 0.184 e. The molecule has 1 nitrogen and oxygen atoms in total. The molecule has 0 N–H and O–H groups in total. The van der Waals surface area contributed by atoms with Crippen molar-refractivity contribution in [2.45, 2.75) is 32.5 Å². The fraction of sp³-hybridized carbons (Fsp3) is 0.667. The zero-order chi connectivity index (χ0) is 10.2. The van der Waals surface area contributed by atoms with Crippen LogP contribution in [0.2, 0.25) is 19.6 Å². The Morgan fingerprint density at radius 2 is 2.14 bits per heavy atom. The van der Waals surface area contributed by atoms with Gasteiger partial charge in [0.1, 0.15) is 0 Å². The fourth-order valence-corrected chi connectivity index (χ4v) is 2.87. The van der Waals surface area contributed by atoms with E-state index in [4.69, 9.17) is 4.43 Å². The maximum Gasteiger partial charge on any atom is 0.184 e. The van der Waals surface area contributed by atoms with Gasteiger partial charge in [0.2, 0.25) is 0 Å². The molecule has 0 aliphatic heterocycles. The normalized spacial score (nSPS) is 30.6. The van der Waals surface area contributed by atoms with E-state index in [1.54, 1.807) is 0 Å². The Morgan fingerprint density at radius 3 is 2.86 bits per heavy atom. The van der Waals surface area contributed by atoms with Crippen molar-refractivity contribution < 1.29 is 4.43 Å². The second-order valence-electron chi connectivity index (χ2n) is 5.37. The number of allylic oxidation sites excluding steroid dienone is 3. The third kappa shape index (κ3) is 2.18. The van der Waals surface area contributed by atoms with Crippen molar-refractivity contribution in [1.29, 1.82) is 0 Å². The summed E-state index contributed by atoms with van der Waals surface area (Å²) < 4.78 is 5.96. The van der Waals surface area contributed by atoms with E-state index in [0.29, 0.717) is 5.92 Å². The average molecular weight is 208 g/mol. The molecule has 2 aliphatic carbocycles. The zero-order valence-corrected chi connectivity index (χ0v) is 10.4. The molecule has 0 saturated carbocycles. The van der Waals surface area contributed by atoms with E-state index in [9.17, 15) is 0 Å². The van der Waals surface area contributed by atoms with Crippen molar-refractivity contribution in [2.75, 3.05) is 6.61 Å². The number of hydrogen-bond acceptors (Lipinski definition) is 1. The van der Waals surface area contributed by atoms with Gasteiger partial charge in [-0.15, -0.1) is 0 Å². The van der Waals surface area contributed by atoms with Crippen LogP contribution in [0.3, 0.4) is 0 Å². The lowest BCUT2D eigenvalue weighted by Crippen LogP contribution is -2.27. The summed E-state index contributed by atoms with van der Waals surface area (Å²) in [6, 6.07) is 0. The maximum atomic E-state index is 5.96. The molecule has 0 spiro atoms. The van der Waals surface area contributed by atoms with Gasteiger partial charge in [0.15, 0.2) is 8.32 Å².